The zero-order valence-corrected chi connectivity index (χ0v) is 16.0. The third-order valence-electron chi connectivity index (χ3n) is 4.73. The van der Waals surface area contributed by atoms with Crippen molar-refractivity contribution in [2.45, 2.75) is 6.92 Å². The van der Waals surface area contributed by atoms with E-state index in [2.05, 4.69) is 0 Å². The second-order valence-corrected chi connectivity index (χ2v) is 7.37. The molecular formula is C20H20N2O4S. The Bertz CT molecular complexity index is 914. The molecule has 3 heterocycles. The van der Waals surface area contributed by atoms with E-state index in [1.807, 2.05) is 41.5 Å². The van der Waals surface area contributed by atoms with Crippen LogP contribution in [-0.2, 0) is 14.3 Å². The van der Waals surface area contributed by atoms with Crippen LogP contribution in [0.1, 0.15) is 10.4 Å². The summed E-state index contributed by atoms with van der Waals surface area (Å²) >= 11 is 1.46. The molecule has 0 spiro atoms. The summed E-state index contributed by atoms with van der Waals surface area (Å²) in [6, 6.07) is 9.25. The Kier molecular flexibility index (Phi) is 4.72. The first-order chi connectivity index (χ1) is 13.1. The number of imide groups is 1. The number of aryl methyl sites for hydroxylation is 1. The molecule has 2 aliphatic heterocycles. The molecule has 0 N–H and O–H groups in total. The molecule has 1 aromatic carbocycles. The third kappa shape index (κ3) is 3.02. The summed E-state index contributed by atoms with van der Waals surface area (Å²) < 4.78 is 10.8. The van der Waals surface area contributed by atoms with E-state index in [0.29, 0.717) is 49.0 Å². The Morgan fingerprint density at radius 2 is 1.89 bits per heavy atom. The van der Waals surface area contributed by atoms with E-state index in [4.69, 9.17) is 9.47 Å². The predicted octanol–water partition coefficient (Wildman–Crippen LogP) is 2.68. The molecule has 0 atom stereocenters. The summed E-state index contributed by atoms with van der Waals surface area (Å²) in [7, 11) is 1.54. The third-order valence-corrected chi connectivity index (χ3v) is 5.62. The van der Waals surface area contributed by atoms with Crippen LogP contribution in [0, 0.1) is 6.92 Å². The van der Waals surface area contributed by atoms with Crippen LogP contribution in [0.25, 0.3) is 5.57 Å². The smallest absolute Gasteiger partial charge is 0.282 e. The van der Waals surface area contributed by atoms with E-state index < -0.39 is 0 Å². The summed E-state index contributed by atoms with van der Waals surface area (Å²) in [5.74, 6) is -0.127. The molecule has 0 saturated carbocycles. The monoisotopic (exact) mass is 384 g/mol. The molecule has 0 unspecified atom stereocenters. The zero-order valence-electron chi connectivity index (χ0n) is 15.2. The van der Waals surface area contributed by atoms with Crippen LogP contribution in [0.5, 0.6) is 5.75 Å². The maximum absolute atomic E-state index is 13.4. The fourth-order valence-corrected chi connectivity index (χ4v) is 4.20. The van der Waals surface area contributed by atoms with Crippen molar-refractivity contribution in [1.82, 2.24) is 4.90 Å². The van der Waals surface area contributed by atoms with Crippen LogP contribution in [0.4, 0.5) is 5.69 Å². The molecule has 7 heteroatoms. The van der Waals surface area contributed by atoms with Gasteiger partial charge in [-0.05, 0) is 36.1 Å². The number of nitrogens with zero attached hydrogens (tertiary/aromatic N) is 2. The van der Waals surface area contributed by atoms with Crippen LogP contribution < -0.4 is 9.64 Å². The van der Waals surface area contributed by atoms with Gasteiger partial charge in [-0.1, -0.05) is 12.1 Å². The van der Waals surface area contributed by atoms with E-state index in [9.17, 15) is 9.59 Å². The van der Waals surface area contributed by atoms with E-state index in [-0.39, 0.29) is 11.8 Å². The van der Waals surface area contributed by atoms with Crippen LogP contribution in [-0.4, -0.2) is 50.1 Å². The fraction of sp³-hybridized carbons (Fsp3) is 0.300. The van der Waals surface area contributed by atoms with Gasteiger partial charge >= 0.3 is 0 Å². The highest BCUT2D eigenvalue weighted by molar-refractivity contribution is 7.11. The van der Waals surface area contributed by atoms with Crippen molar-refractivity contribution in [3.63, 3.8) is 0 Å². The van der Waals surface area contributed by atoms with Crippen LogP contribution in [0.15, 0.2) is 41.4 Å². The Labute approximate surface area is 161 Å². The van der Waals surface area contributed by atoms with Gasteiger partial charge in [0.25, 0.3) is 11.8 Å². The van der Waals surface area contributed by atoms with Crippen molar-refractivity contribution in [3.8, 4) is 5.75 Å². The summed E-state index contributed by atoms with van der Waals surface area (Å²) in [6.45, 7) is 4.17. The SMILES string of the molecule is COc1ccc(C)cc1N1C(=O)C(c2cccs2)=C(N2CCOCC2)C1=O. The predicted molar refractivity (Wildman–Crippen MR) is 104 cm³/mol. The molecule has 0 bridgehead atoms. The Balaban J connectivity index is 1.84. The number of hydrogen-bond acceptors (Lipinski definition) is 6. The highest BCUT2D eigenvalue weighted by Gasteiger charge is 2.44. The summed E-state index contributed by atoms with van der Waals surface area (Å²) in [5.41, 5.74) is 2.34. The zero-order chi connectivity index (χ0) is 19.0. The average Bonchev–Trinajstić information content (AvgIpc) is 3.28. The molecule has 2 aliphatic rings. The van der Waals surface area contributed by atoms with Gasteiger partial charge in [-0.2, -0.15) is 0 Å². The van der Waals surface area contributed by atoms with Crippen LogP contribution >= 0.6 is 11.3 Å². The second-order valence-electron chi connectivity index (χ2n) is 6.42. The van der Waals surface area contributed by atoms with E-state index >= 15 is 0 Å². The number of carbonyl (C=O) groups excluding carboxylic acids is 2. The number of thiophene rings is 1. The molecule has 6 nitrogen and oxygen atoms in total. The number of ether oxygens (including phenoxy) is 2. The van der Waals surface area contributed by atoms with Crippen molar-refractivity contribution in [2.24, 2.45) is 0 Å². The fourth-order valence-electron chi connectivity index (χ4n) is 3.43. The molecule has 2 amide bonds. The normalized spacial score (nSPS) is 17.9. The molecular weight excluding hydrogens is 364 g/mol. The minimum atomic E-state index is -0.312. The lowest BCUT2D eigenvalue weighted by Crippen LogP contribution is -2.40. The highest BCUT2D eigenvalue weighted by atomic mass is 32.1. The van der Waals surface area contributed by atoms with Gasteiger partial charge in [0, 0.05) is 18.0 Å². The van der Waals surface area contributed by atoms with Crippen molar-refractivity contribution in [3.05, 3.63) is 51.8 Å². The standard InChI is InChI=1S/C20H20N2O4S/c1-13-5-6-15(25-2)14(12-13)22-19(23)17(16-4-3-11-27-16)18(20(22)24)21-7-9-26-10-8-21/h3-6,11-12H,7-10H2,1-2H3. The van der Waals surface area contributed by atoms with Gasteiger partial charge < -0.3 is 14.4 Å². The topological polar surface area (TPSA) is 59.1 Å². The van der Waals surface area contributed by atoms with E-state index in [0.717, 1.165) is 10.4 Å². The van der Waals surface area contributed by atoms with E-state index in [1.54, 1.807) is 6.07 Å². The number of hydrogen-bond donors (Lipinski definition) is 0. The second kappa shape index (κ2) is 7.17. The summed E-state index contributed by atoms with van der Waals surface area (Å²) in [6.07, 6.45) is 0. The van der Waals surface area contributed by atoms with Gasteiger partial charge in [0.2, 0.25) is 0 Å². The molecule has 27 heavy (non-hydrogen) atoms. The molecule has 2 aromatic rings. The number of rotatable bonds is 4. The van der Waals surface area contributed by atoms with Gasteiger partial charge in [0.15, 0.2) is 0 Å². The number of benzene rings is 1. The molecule has 0 aliphatic carbocycles. The summed E-state index contributed by atoms with van der Waals surface area (Å²) in [5, 5.41) is 1.91. The highest BCUT2D eigenvalue weighted by Crippen LogP contribution is 2.40. The van der Waals surface area contributed by atoms with Crippen molar-refractivity contribution >= 4 is 34.4 Å². The minimum Gasteiger partial charge on any atom is -0.495 e. The first-order valence-electron chi connectivity index (χ1n) is 8.76. The molecule has 4 rings (SSSR count). The van der Waals surface area contributed by atoms with Crippen LogP contribution in [0.3, 0.4) is 0 Å². The Hall–Kier alpha value is -2.64. The lowest BCUT2D eigenvalue weighted by atomic mass is 10.1. The number of morpholine rings is 1. The van der Waals surface area contributed by atoms with Gasteiger partial charge in [-0.3, -0.25) is 9.59 Å². The quantitative estimate of drug-likeness (QED) is 0.759. The molecule has 140 valence electrons. The Morgan fingerprint density at radius 3 is 2.56 bits per heavy atom. The molecule has 1 aromatic heterocycles. The number of carbonyl (C=O) groups is 2. The minimum absolute atomic E-state index is 0.311. The average molecular weight is 384 g/mol. The van der Waals surface area contributed by atoms with Crippen molar-refractivity contribution in [2.75, 3.05) is 38.3 Å². The lowest BCUT2D eigenvalue weighted by molar-refractivity contribution is -0.121. The van der Waals surface area contributed by atoms with Crippen molar-refractivity contribution in [1.29, 1.82) is 0 Å². The number of amides is 2. The van der Waals surface area contributed by atoms with Crippen molar-refractivity contribution < 1.29 is 19.1 Å². The largest absolute Gasteiger partial charge is 0.495 e. The van der Waals surface area contributed by atoms with Gasteiger partial charge in [0.1, 0.15) is 11.4 Å². The van der Waals surface area contributed by atoms with Gasteiger partial charge in [0.05, 0.1) is 31.6 Å². The van der Waals surface area contributed by atoms with Gasteiger partial charge in [-0.25, -0.2) is 4.90 Å². The molecule has 1 fully saturated rings. The number of anilines is 1. The summed E-state index contributed by atoms with van der Waals surface area (Å²) in [4.78, 5) is 30.8. The van der Waals surface area contributed by atoms with Crippen LogP contribution in [0.2, 0.25) is 0 Å². The lowest BCUT2D eigenvalue weighted by Gasteiger charge is -2.29. The Morgan fingerprint density at radius 1 is 1.11 bits per heavy atom. The molecule has 1 saturated heterocycles. The number of methoxy groups -OCH3 is 1. The molecule has 0 radical (unpaired) electrons. The first-order valence-corrected chi connectivity index (χ1v) is 9.64. The van der Waals surface area contributed by atoms with E-state index in [1.165, 1.54) is 23.3 Å². The first kappa shape index (κ1) is 17.8. The maximum Gasteiger partial charge on any atom is 0.282 e. The maximum atomic E-state index is 13.4. The van der Waals surface area contributed by atoms with Gasteiger partial charge in [-0.15, -0.1) is 11.3 Å².